The molecule has 1 fully saturated rings. The van der Waals surface area contributed by atoms with Gasteiger partial charge in [-0.2, -0.15) is 0 Å². The summed E-state index contributed by atoms with van der Waals surface area (Å²) in [4.78, 5) is 4.37. The summed E-state index contributed by atoms with van der Waals surface area (Å²) in [5, 5.41) is 1.07. The highest BCUT2D eigenvalue weighted by molar-refractivity contribution is 6.42. The molecule has 1 aromatic carbocycles. The van der Waals surface area contributed by atoms with Crippen LogP contribution in [0.25, 0.3) is 11.0 Å². The van der Waals surface area contributed by atoms with Gasteiger partial charge in [-0.25, -0.2) is 4.98 Å². The molecule has 1 aliphatic carbocycles. The van der Waals surface area contributed by atoms with Crippen molar-refractivity contribution in [3.63, 3.8) is 0 Å². The SMILES string of the molecule is CC1CCC(Cn2c(N)nc3cc(Cl)c(Cl)cc32)C1. The van der Waals surface area contributed by atoms with Crippen LogP contribution in [0.15, 0.2) is 12.1 Å². The van der Waals surface area contributed by atoms with Crippen LogP contribution in [0.1, 0.15) is 26.2 Å². The Hall–Kier alpha value is -0.930. The summed E-state index contributed by atoms with van der Waals surface area (Å²) in [7, 11) is 0. The Morgan fingerprint density at radius 2 is 2.05 bits per heavy atom. The topological polar surface area (TPSA) is 43.8 Å². The lowest BCUT2D eigenvalue weighted by molar-refractivity contribution is 0.450. The number of nitrogens with zero attached hydrogens (tertiary/aromatic N) is 2. The van der Waals surface area contributed by atoms with Crippen LogP contribution in [-0.4, -0.2) is 9.55 Å². The number of hydrogen-bond donors (Lipinski definition) is 1. The molecule has 102 valence electrons. The van der Waals surface area contributed by atoms with Crippen LogP contribution < -0.4 is 5.73 Å². The number of hydrogen-bond acceptors (Lipinski definition) is 2. The number of benzene rings is 1. The number of imidazole rings is 1. The number of rotatable bonds is 2. The van der Waals surface area contributed by atoms with Crippen LogP contribution in [0.2, 0.25) is 10.0 Å². The molecule has 0 bridgehead atoms. The Bertz CT molecular complexity index is 621. The first kappa shape index (κ1) is 13.1. The first-order valence-corrected chi connectivity index (χ1v) is 7.41. The lowest BCUT2D eigenvalue weighted by atomic mass is 10.1. The number of nitrogens with two attached hydrogens (primary N) is 1. The molecule has 0 spiro atoms. The standard InChI is InChI=1S/C14H17Cl2N3/c1-8-2-3-9(4-8)7-19-13-6-11(16)10(15)5-12(13)18-14(19)17/h5-6,8-9H,2-4,7H2,1H3,(H2,17,18). The second kappa shape index (κ2) is 4.88. The Morgan fingerprint density at radius 3 is 2.74 bits per heavy atom. The van der Waals surface area contributed by atoms with Crippen molar-refractivity contribution in [2.24, 2.45) is 11.8 Å². The highest BCUT2D eigenvalue weighted by Crippen LogP contribution is 2.34. The van der Waals surface area contributed by atoms with Crippen molar-refractivity contribution in [3.05, 3.63) is 22.2 Å². The molecule has 5 heteroatoms. The zero-order chi connectivity index (χ0) is 13.6. The normalized spacial score (nSPS) is 23.3. The van der Waals surface area contributed by atoms with Gasteiger partial charge in [-0.3, -0.25) is 0 Å². The number of aromatic nitrogens is 2. The summed E-state index contributed by atoms with van der Waals surface area (Å²) in [5.41, 5.74) is 7.83. The van der Waals surface area contributed by atoms with Crippen LogP contribution in [0.5, 0.6) is 0 Å². The summed E-state index contributed by atoms with van der Waals surface area (Å²) in [6.07, 6.45) is 3.84. The van der Waals surface area contributed by atoms with E-state index in [-0.39, 0.29) is 0 Å². The van der Waals surface area contributed by atoms with Gasteiger partial charge in [0.1, 0.15) is 0 Å². The first-order valence-electron chi connectivity index (χ1n) is 6.65. The Balaban J connectivity index is 1.98. The van der Waals surface area contributed by atoms with E-state index in [9.17, 15) is 0 Å². The van der Waals surface area contributed by atoms with Gasteiger partial charge >= 0.3 is 0 Å². The van der Waals surface area contributed by atoms with Gasteiger partial charge in [0.2, 0.25) is 5.95 Å². The number of halogens is 2. The Labute approximate surface area is 122 Å². The fraction of sp³-hybridized carbons (Fsp3) is 0.500. The van der Waals surface area contributed by atoms with Crippen LogP contribution in [0, 0.1) is 11.8 Å². The third-order valence-electron chi connectivity index (χ3n) is 4.06. The highest BCUT2D eigenvalue weighted by Gasteiger charge is 2.23. The molecule has 0 amide bonds. The van der Waals surface area contributed by atoms with Crippen LogP contribution in [0.4, 0.5) is 5.95 Å². The van der Waals surface area contributed by atoms with Gasteiger partial charge in [0.05, 0.1) is 21.1 Å². The maximum absolute atomic E-state index is 6.09. The quantitative estimate of drug-likeness (QED) is 0.895. The molecule has 3 rings (SSSR count). The van der Waals surface area contributed by atoms with Gasteiger partial charge in [0.15, 0.2) is 0 Å². The molecule has 2 aromatic rings. The zero-order valence-corrected chi connectivity index (χ0v) is 12.4. The molecule has 2 N–H and O–H groups in total. The van der Waals surface area contributed by atoms with Crippen molar-refractivity contribution in [2.45, 2.75) is 32.7 Å². The summed E-state index contributed by atoms with van der Waals surface area (Å²) in [6.45, 7) is 3.23. The van der Waals surface area contributed by atoms with Crippen molar-refractivity contribution < 1.29 is 0 Å². The van der Waals surface area contributed by atoms with Gasteiger partial charge in [-0.15, -0.1) is 0 Å². The van der Waals surface area contributed by atoms with Crippen LogP contribution in [-0.2, 0) is 6.54 Å². The average molecular weight is 298 g/mol. The molecule has 0 aliphatic heterocycles. The van der Waals surface area contributed by atoms with Gasteiger partial charge in [-0.1, -0.05) is 36.5 Å². The van der Waals surface area contributed by atoms with Crippen molar-refractivity contribution >= 4 is 40.2 Å². The van der Waals surface area contributed by atoms with Crippen LogP contribution >= 0.6 is 23.2 Å². The molecule has 1 aromatic heterocycles. The minimum atomic E-state index is 0.522. The van der Waals surface area contributed by atoms with Gasteiger partial charge in [0, 0.05) is 6.54 Å². The molecule has 1 heterocycles. The van der Waals surface area contributed by atoms with Crippen molar-refractivity contribution in [3.8, 4) is 0 Å². The van der Waals surface area contributed by atoms with Crippen molar-refractivity contribution in [2.75, 3.05) is 5.73 Å². The summed E-state index contributed by atoms with van der Waals surface area (Å²) >= 11 is 12.1. The number of nitrogen functional groups attached to an aromatic ring is 1. The number of anilines is 1. The number of fused-ring (bicyclic) bond motifs is 1. The predicted octanol–water partition coefficient (Wildman–Crippen LogP) is 4.36. The van der Waals surface area contributed by atoms with Gasteiger partial charge in [0.25, 0.3) is 0 Å². The van der Waals surface area contributed by atoms with E-state index < -0.39 is 0 Å². The molecule has 2 unspecified atom stereocenters. The largest absolute Gasteiger partial charge is 0.369 e. The molecule has 3 nitrogen and oxygen atoms in total. The van der Waals surface area contributed by atoms with E-state index in [4.69, 9.17) is 28.9 Å². The van der Waals surface area contributed by atoms with E-state index in [0.717, 1.165) is 23.5 Å². The average Bonchev–Trinajstić information content (AvgIpc) is 2.87. The maximum atomic E-state index is 6.09. The Kier molecular flexibility index (Phi) is 3.35. The Morgan fingerprint density at radius 1 is 1.32 bits per heavy atom. The lowest BCUT2D eigenvalue weighted by Crippen LogP contribution is -2.10. The van der Waals surface area contributed by atoms with Crippen molar-refractivity contribution in [1.82, 2.24) is 9.55 Å². The molecule has 19 heavy (non-hydrogen) atoms. The fourth-order valence-corrected chi connectivity index (χ4v) is 3.40. The minimum absolute atomic E-state index is 0.522. The van der Waals surface area contributed by atoms with E-state index in [1.54, 1.807) is 6.07 Å². The molecule has 1 aliphatic rings. The minimum Gasteiger partial charge on any atom is -0.369 e. The predicted molar refractivity (Wildman–Crippen MR) is 80.7 cm³/mol. The van der Waals surface area contributed by atoms with E-state index in [0.29, 0.717) is 21.9 Å². The van der Waals surface area contributed by atoms with E-state index in [1.165, 1.54) is 19.3 Å². The molecular formula is C14H17Cl2N3. The zero-order valence-electron chi connectivity index (χ0n) is 10.9. The third-order valence-corrected chi connectivity index (χ3v) is 4.79. The molecule has 0 saturated heterocycles. The lowest BCUT2D eigenvalue weighted by Gasteiger charge is -2.13. The van der Waals surface area contributed by atoms with Crippen LogP contribution in [0.3, 0.4) is 0 Å². The van der Waals surface area contributed by atoms with E-state index >= 15 is 0 Å². The molecule has 2 atom stereocenters. The summed E-state index contributed by atoms with van der Waals surface area (Å²) < 4.78 is 2.07. The second-order valence-corrected chi connectivity index (χ2v) is 6.43. The summed E-state index contributed by atoms with van der Waals surface area (Å²) in [6, 6.07) is 3.64. The van der Waals surface area contributed by atoms with Crippen molar-refractivity contribution in [1.29, 1.82) is 0 Å². The maximum Gasteiger partial charge on any atom is 0.201 e. The fourth-order valence-electron chi connectivity index (χ4n) is 3.08. The van der Waals surface area contributed by atoms with Gasteiger partial charge < -0.3 is 10.3 Å². The third kappa shape index (κ3) is 2.41. The van der Waals surface area contributed by atoms with E-state index in [1.807, 2.05) is 6.07 Å². The molecule has 1 saturated carbocycles. The summed E-state index contributed by atoms with van der Waals surface area (Å²) in [5.74, 6) is 2.05. The molecule has 0 radical (unpaired) electrons. The second-order valence-electron chi connectivity index (χ2n) is 5.62. The monoisotopic (exact) mass is 297 g/mol. The smallest absolute Gasteiger partial charge is 0.201 e. The highest BCUT2D eigenvalue weighted by atomic mass is 35.5. The molecular weight excluding hydrogens is 281 g/mol. The first-order chi connectivity index (χ1) is 9.04. The van der Waals surface area contributed by atoms with E-state index in [2.05, 4.69) is 16.5 Å². The van der Waals surface area contributed by atoms with Gasteiger partial charge in [-0.05, 0) is 36.8 Å².